The number of pyridine rings is 2. The van der Waals surface area contributed by atoms with Crippen molar-refractivity contribution in [2.75, 3.05) is 12.3 Å². The molecule has 0 bridgehead atoms. The van der Waals surface area contributed by atoms with Crippen molar-refractivity contribution in [3.05, 3.63) is 68.6 Å². The summed E-state index contributed by atoms with van der Waals surface area (Å²) in [6, 6.07) is 9.03. The van der Waals surface area contributed by atoms with E-state index in [9.17, 15) is 19.7 Å². The van der Waals surface area contributed by atoms with Gasteiger partial charge in [-0.2, -0.15) is 0 Å². The first-order valence-corrected chi connectivity index (χ1v) is 7.66. The zero-order valence-corrected chi connectivity index (χ0v) is 13.7. The summed E-state index contributed by atoms with van der Waals surface area (Å²) >= 11 is 0. The molecule has 3 rings (SSSR count). The molecule has 0 saturated carbocycles. The van der Waals surface area contributed by atoms with Crippen molar-refractivity contribution >= 4 is 28.4 Å². The Hall–Kier alpha value is -3.75. The molecule has 0 aliphatic rings. The van der Waals surface area contributed by atoms with Crippen molar-refractivity contribution in [1.29, 1.82) is 0 Å². The fourth-order valence-electron chi connectivity index (χ4n) is 2.61. The van der Waals surface area contributed by atoms with Crippen LogP contribution < -0.4 is 11.3 Å². The molecular weight excluding hydrogens is 340 g/mol. The Kier molecular flexibility index (Phi) is 4.36. The first kappa shape index (κ1) is 17.1. The third kappa shape index (κ3) is 2.75. The number of ether oxygens (including phenoxy) is 1. The van der Waals surface area contributed by atoms with E-state index in [0.29, 0.717) is 11.3 Å². The van der Waals surface area contributed by atoms with Crippen LogP contribution in [-0.4, -0.2) is 27.1 Å². The Morgan fingerprint density at radius 2 is 2.00 bits per heavy atom. The number of nitro groups is 1. The second-order valence-corrected chi connectivity index (χ2v) is 5.30. The highest BCUT2D eigenvalue weighted by molar-refractivity contribution is 5.93. The maximum Gasteiger partial charge on any atom is 0.357 e. The van der Waals surface area contributed by atoms with E-state index in [1.165, 1.54) is 30.5 Å². The van der Waals surface area contributed by atoms with E-state index in [1.807, 2.05) is 0 Å². The van der Waals surface area contributed by atoms with Crippen LogP contribution in [-0.2, 0) is 4.74 Å². The molecule has 0 spiro atoms. The minimum absolute atomic E-state index is 0.185. The minimum atomic E-state index is -0.900. The van der Waals surface area contributed by atoms with Crippen molar-refractivity contribution in [2.45, 2.75) is 6.92 Å². The number of nitrogens with zero attached hydrogens (tertiary/aromatic N) is 3. The van der Waals surface area contributed by atoms with Gasteiger partial charge in [-0.3, -0.25) is 19.5 Å². The van der Waals surface area contributed by atoms with E-state index in [0.717, 1.165) is 4.57 Å². The van der Waals surface area contributed by atoms with E-state index in [2.05, 4.69) is 4.98 Å². The number of esters is 1. The second-order valence-electron chi connectivity index (χ2n) is 5.30. The molecule has 9 nitrogen and oxygen atoms in total. The number of rotatable bonds is 4. The molecule has 0 radical (unpaired) electrons. The average molecular weight is 354 g/mol. The van der Waals surface area contributed by atoms with Crippen LogP contribution in [0.1, 0.15) is 17.3 Å². The van der Waals surface area contributed by atoms with Crippen LogP contribution in [0.2, 0.25) is 0 Å². The summed E-state index contributed by atoms with van der Waals surface area (Å²) in [5.74, 6) is -0.502. The Morgan fingerprint density at radius 3 is 2.62 bits per heavy atom. The third-order valence-electron chi connectivity index (χ3n) is 3.77. The van der Waals surface area contributed by atoms with Crippen LogP contribution >= 0.6 is 0 Å². The highest BCUT2D eigenvalue weighted by atomic mass is 16.6. The lowest BCUT2D eigenvalue weighted by atomic mass is 10.1. The van der Waals surface area contributed by atoms with Crippen molar-refractivity contribution in [1.82, 2.24) is 9.55 Å². The van der Waals surface area contributed by atoms with E-state index < -0.39 is 22.1 Å². The van der Waals surface area contributed by atoms with Gasteiger partial charge in [0.15, 0.2) is 0 Å². The summed E-state index contributed by atoms with van der Waals surface area (Å²) < 4.78 is 6.00. The molecule has 0 aliphatic carbocycles. The quantitative estimate of drug-likeness (QED) is 0.431. The number of hydrogen-bond acceptors (Lipinski definition) is 7. The molecule has 3 aromatic rings. The second kappa shape index (κ2) is 6.63. The predicted octanol–water partition coefficient (Wildman–Crippen LogP) is 2.05. The molecule has 0 aliphatic heterocycles. The largest absolute Gasteiger partial charge is 0.462 e. The number of anilines is 1. The van der Waals surface area contributed by atoms with E-state index in [-0.39, 0.29) is 23.3 Å². The lowest BCUT2D eigenvalue weighted by molar-refractivity contribution is -0.385. The summed E-state index contributed by atoms with van der Waals surface area (Å²) in [5, 5.41) is 11.6. The van der Waals surface area contributed by atoms with Crippen LogP contribution in [0.15, 0.2) is 47.4 Å². The average Bonchev–Trinajstić information content (AvgIpc) is 2.62. The van der Waals surface area contributed by atoms with Crippen LogP contribution in [0.25, 0.3) is 16.7 Å². The van der Waals surface area contributed by atoms with E-state index >= 15 is 0 Å². The summed E-state index contributed by atoms with van der Waals surface area (Å²) in [4.78, 5) is 39.1. The Bertz CT molecular complexity index is 1070. The smallest absolute Gasteiger partial charge is 0.357 e. The van der Waals surface area contributed by atoms with Crippen molar-refractivity contribution in [3.8, 4) is 5.69 Å². The number of nitrogens with two attached hydrogens (primary N) is 1. The zero-order valence-electron chi connectivity index (χ0n) is 13.7. The number of aromatic nitrogens is 2. The Morgan fingerprint density at radius 1 is 1.31 bits per heavy atom. The van der Waals surface area contributed by atoms with Crippen LogP contribution in [0, 0.1) is 10.1 Å². The van der Waals surface area contributed by atoms with Crippen LogP contribution in [0.4, 0.5) is 11.4 Å². The molecule has 2 N–H and O–H groups in total. The van der Waals surface area contributed by atoms with Crippen molar-refractivity contribution in [3.63, 3.8) is 0 Å². The summed E-state index contributed by atoms with van der Waals surface area (Å²) in [6.45, 7) is 1.93. The molecule has 0 amide bonds. The topological polar surface area (TPSA) is 130 Å². The molecule has 0 saturated heterocycles. The number of benzene rings is 1. The molecule has 0 fully saturated rings. The molecular formula is C17H14N4O5. The summed E-state index contributed by atoms with van der Waals surface area (Å²) in [5.41, 5.74) is 4.75. The molecule has 0 atom stereocenters. The predicted molar refractivity (Wildman–Crippen MR) is 94.4 cm³/mol. The molecule has 0 unspecified atom stereocenters. The highest BCUT2D eigenvalue weighted by Crippen LogP contribution is 2.27. The molecule has 9 heteroatoms. The molecule has 2 aromatic heterocycles. The van der Waals surface area contributed by atoms with Gasteiger partial charge in [0, 0.05) is 11.6 Å². The third-order valence-corrected chi connectivity index (χ3v) is 3.77. The fourth-order valence-corrected chi connectivity index (χ4v) is 2.61. The van der Waals surface area contributed by atoms with E-state index in [1.54, 1.807) is 19.1 Å². The SMILES string of the molecule is CCOC(=O)c1ccc(-n2c(=O)c([N+](=O)[O-])c(N)c3cccnc32)cc1. The Balaban J connectivity index is 2.26. The minimum Gasteiger partial charge on any atom is -0.462 e. The molecule has 2 heterocycles. The van der Waals surface area contributed by atoms with Gasteiger partial charge >= 0.3 is 17.2 Å². The van der Waals surface area contributed by atoms with Gasteiger partial charge in [-0.15, -0.1) is 0 Å². The van der Waals surface area contributed by atoms with E-state index in [4.69, 9.17) is 10.5 Å². The van der Waals surface area contributed by atoms with Crippen molar-refractivity contribution < 1.29 is 14.5 Å². The van der Waals surface area contributed by atoms with Crippen LogP contribution in [0.3, 0.4) is 0 Å². The van der Waals surface area contributed by atoms with Gasteiger partial charge in [-0.25, -0.2) is 9.78 Å². The van der Waals surface area contributed by atoms with Gasteiger partial charge in [0.1, 0.15) is 11.3 Å². The number of fused-ring (bicyclic) bond motifs is 1. The monoisotopic (exact) mass is 354 g/mol. The van der Waals surface area contributed by atoms with Gasteiger partial charge < -0.3 is 10.5 Å². The molecule has 132 valence electrons. The van der Waals surface area contributed by atoms with Gasteiger partial charge in [-0.1, -0.05) is 0 Å². The fraction of sp³-hybridized carbons (Fsp3) is 0.118. The van der Waals surface area contributed by atoms with Gasteiger partial charge in [-0.05, 0) is 43.3 Å². The summed E-state index contributed by atoms with van der Waals surface area (Å²) in [6.07, 6.45) is 1.45. The normalized spacial score (nSPS) is 10.7. The molecule has 26 heavy (non-hydrogen) atoms. The standard InChI is InChI=1S/C17H14N4O5/c1-2-26-17(23)10-5-7-11(8-6-10)20-15-12(4-3-9-19-15)13(18)14(16(20)22)21(24)25/h3-9H,2,18H2,1H3. The van der Waals surface area contributed by atoms with Crippen molar-refractivity contribution in [2.24, 2.45) is 0 Å². The van der Waals surface area contributed by atoms with Crippen LogP contribution in [0.5, 0.6) is 0 Å². The first-order chi connectivity index (χ1) is 12.5. The first-order valence-electron chi connectivity index (χ1n) is 7.66. The zero-order chi connectivity index (χ0) is 18.8. The Labute approximate surface area is 146 Å². The number of carbonyl (C=O) groups excluding carboxylic acids is 1. The number of hydrogen-bond donors (Lipinski definition) is 1. The lowest BCUT2D eigenvalue weighted by Gasteiger charge is -2.11. The maximum atomic E-state index is 12.7. The van der Waals surface area contributed by atoms with Gasteiger partial charge in [0.25, 0.3) is 0 Å². The number of carbonyl (C=O) groups is 1. The molecule has 1 aromatic carbocycles. The summed E-state index contributed by atoms with van der Waals surface area (Å²) in [7, 11) is 0. The van der Waals surface area contributed by atoms with Gasteiger partial charge in [0.2, 0.25) is 0 Å². The van der Waals surface area contributed by atoms with Gasteiger partial charge in [0.05, 0.1) is 22.8 Å². The highest BCUT2D eigenvalue weighted by Gasteiger charge is 2.25. The lowest BCUT2D eigenvalue weighted by Crippen LogP contribution is -2.24. The maximum absolute atomic E-state index is 12.7. The number of nitrogen functional groups attached to an aromatic ring is 1.